The van der Waals surface area contributed by atoms with Gasteiger partial charge in [-0.25, -0.2) is 19.6 Å². The van der Waals surface area contributed by atoms with Gasteiger partial charge in [0.25, 0.3) is 11.8 Å². The van der Waals surface area contributed by atoms with Crippen molar-refractivity contribution in [2.45, 2.75) is 20.3 Å². The first-order chi connectivity index (χ1) is 17.7. The van der Waals surface area contributed by atoms with Gasteiger partial charge in [0.1, 0.15) is 0 Å². The Hall–Kier alpha value is -4.57. The van der Waals surface area contributed by atoms with E-state index >= 15 is 0 Å². The molecule has 1 N–H and O–H groups in total. The summed E-state index contributed by atoms with van der Waals surface area (Å²) in [7, 11) is 1.19. The largest absolute Gasteiger partial charge is 0.462 e. The van der Waals surface area contributed by atoms with E-state index in [1.807, 2.05) is 0 Å². The summed E-state index contributed by atoms with van der Waals surface area (Å²) < 4.78 is 10.5. The van der Waals surface area contributed by atoms with Crippen LogP contribution in [0, 0.1) is 0 Å². The van der Waals surface area contributed by atoms with Crippen LogP contribution in [-0.2, 0) is 20.7 Å². The fourth-order valence-electron chi connectivity index (χ4n) is 4.31. The molecule has 1 aromatic rings. The number of hydrogen-bond acceptors (Lipinski definition) is 8. The van der Waals surface area contributed by atoms with Crippen LogP contribution in [0.2, 0.25) is 0 Å². The number of hydroxylamine groups is 2. The highest BCUT2D eigenvalue weighted by Crippen LogP contribution is 2.46. The predicted octanol–water partition coefficient (Wildman–Crippen LogP) is 3.34. The fourth-order valence-corrected chi connectivity index (χ4v) is 4.31. The van der Waals surface area contributed by atoms with Crippen LogP contribution in [0.4, 0.5) is 5.69 Å². The minimum absolute atomic E-state index is 0.00332. The summed E-state index contributed by atoms with van der Waals surface area (Å²) in [5.41, 5.74) is 0.501. The molecule has 0 spiro atoms. The summed E-state index contributed by atoms with van der Waals surface area (Å²) >= 11 is 0. The molecule has 0 saturated heterocycles. The standard InChI is InChI=1S/C27H24N2O8/c1-4-36-26(33)21-16-12-8-9-15(14-20(30)28(3)35)13-19(16)22(27(34)37-5-2)23(21)29-24(31)17-10-6-7-11-18(17)25(29)32/h6-13,35H,4-5,14H2,1-3H3. The highest BCUT2D eigenvalue weighted by atomic mass is 16.5. The zero-order valence-corrected chi connectivity index (χ0v) is 20.4. The first-order valence-electron chi connectivity index (χ1n) is 11.6. The van der Waals surface area contributed by atoms with Crippen LogP contribution in [0.5, 0.6) is 0 Å². The average molecular weight is 504 g/mol. The van der Waals surface area contributed by atoms with E-state index in [-0.39, 0.29) is 58.7 Å². The molecule has 2 aliphatic carbocycles. The molecule has 1 aliphatic heterocycles. The fraction of sp³-hybridized carbons (Fsp3) is 0.222. The quantitative estimate of drug-likeness (QED) is 0.224. The zero-order valence-electron chi connectivity index (χ0n) is 20.4. The molecule has 3 amide bonds. The molecule has 10 heteroatoms. The SMILES string of the molecule is CCOC(=O)c1c2cccc(CC(=O)N(C)O)cc-2c(C(=O)OCC)c1N1C(=O)c2ccccc2C1=O. The lowest BCUT2D eigenvalue weighted by molar-refractivity contribution is -0.158. The second-order valence-electron chi connectivity index (χ2n) is 8.20. The lowest BCUT2D eigenvalue weighted by atomic mass is 10.1. The van der Waals surface area contributed by atoms with Gasteiger partial charge in [-0.3, -0.25) is 19.6 Å². The van der Waals surface area contributed by atoms with Gasteiger partial charge in [0.05, 0.1) is 47.6 Å². The topological polar surface area (TPSA) is 131 Å². The van der Waals surface area contributed by atoms with Crippen LogP contribution in [0.1, 0.15) is 60.8 Å². The van der Waals surface area contributed by atoms with E-state index in [4.69, 9.17) is 9.47 Å². The Morgan fingerprint density at radius 1 is 0.811 bits per heavy atom. The van der Waals surface area contributed by atoms with E-state index in [0.29, 0.717) is 10.6 Å². The molecule has 0 bridgehead atoms. The highest BCUT2D eigenvalue weighted by Gasteiger charge is 2.44. The molecule has 0 atom stereocenters. The molecule has 0 fully saturated rings. The molecular formula is C27H24N2O8. The second kappa shape index (κ2) is 10.2. The summed E-state index contributed by atoms with van der Waals surface area (Å²) in [4.78, 5) is 66.4. The van der Waals surface area contributed by atoms with Crippen molar-refractivity contribution >= 4 is 35.3 Å². The number of carbonyl (C=O) groups is 5. The average Bonchev–Trinajstić information content (AvgIpc) is 3.20. The third kappa shape index (κ3) is 4.43. The maximum absolute atomic E-state index is 13.4. The van der Waals surface area contributed by atoms with Crippen LogP contribution >= 0.6 is 0 Å². The van der Waals surface area contributed by atoms with Crippen LogP contribution in [0.3, 0.4) is 0 Å². The zero-order chi connectivity index (χ0) is 26.9. The first kappa shape index (κ1) is 25.5. The number of rotatable bonds is 7. The van der Waals surface area contributed by atoms with E-state index < -0.39 is 29.7 Å². The minimum Gasteiger partial charge on any atom is -0.462 e. The third-order valence-corrected chi connectivity index (χ3v) is 5.90. The Morgan fingerprint density at radius 2 is 1.32 bits per heavy atom. The van der Waals surface area contributed by atoms with Crippen molar-refractivity contribution in [2.24, 2.45) is 0 Å². The Morgan fingerprint density at radius 3 is 1.84 bits per heavy atom. The van der Waals surface area contributed by atoms with E-state index in [1.165, 1.54) is 31.3 Å². The second-order valence-corrected chi connectivity index (χ2v) is 8.20. The Kier molecular flexibility index (Phi) is 7.03. The number of benzene rings is 1. The first-order valence-corrected chi connectivity index (χ1v) is 11.6. The number of esters is 2. The van der Waals surface area contributed by atoms with Crippen molar-refractivity contribution in [3.8, 4) is 11.1 Å². The molecule has 0 aromatic heterocycles. The number of nitrogens with zero attached hydrogens (tertiary/aromatic N) is 2. The van der Waals surface area contributed by atoms with Crippen LogP contribution in [0.25, 0.3) is 11.1 Å². The van der Waals surface area contributed by atoms with Gasteiger partial charge in [-0.1, -0.05) is 30.3 Å². The van der Waals surface area contributed by atoms with Gasteiger partial charge in [0.15, 0.2) is 0 Å². The van der Waals surface area contributed by atoms with Gasteiger partial charge in [0.2, 0.25) is 5.91 Å². The lowest BCUT2D eigenvalue weighted by Gasteiger charge is -2.17. The van der Waals surface area contributed by atoms with Crippen LogP contribution < -0.4 is 4.90 Å². The Bertz CT molecular complexity index is 1380. The number of hydrogen-bond donors (Lipinski definition) is 1. The molecule has 1 aromatic carbocycles. The number of ether oxygens (including phenoxy) is 2. The summed E-state index contributed by atoms with van der Waals surface area (Å²) in [6, 6.07) is 12.4. The molecule has 1 heterocycles. The maximum atomic E-state index is 13.4. The molecule has 0 unspecified atom stereocenters. The van der Waals surface area contributed by atoms with Gasteiger partial charge < -0.3 is 9.47 Å². The van der Waals surface area contributed by atoms with Gasteiger partial charge in [-0.05, 0) is 48.7 Å². The number of imide groups is 1. The number of carbonyl (C=O) groups excluding carboxylic acids is 5. The van der Waals surface area contributed by atoms with E-state index in [0.717, 1.165) is 4.90 Å². The Balaban J connectivity index is 2.05. The molecule has 37 heavy (non-hydrogen) atoms. The number of anilines is 1. The normalized spacial score (nSPS) is 12.5. The molecule has 10 nitrogen and oxygen atoms in total. The predicted molar refractivity (Wildman–Crippen MR) is 131 cm³/mol. The Labute approximate surface area is 212 Å². The van der Waals surface area contributed by atoms with Crippen molar-refractivity contribution in [2.75, 3.05) is 25.2 Å². The molecule has 3 aliphatic rings. The molecule has 0 saturated carbocycles. The van der Waals surface area contributed by atoms with Gasteiger partial charge >= 0.3 is 11.9 Å². The van der Waals surface area contributed by atoms with Crippen molar-refractivity contribution in [1.82, 2.24) is 5.06 Å². The van der Waals surface area contributed by atoms with E-state index in [1.54, 1.807) is 38.1 Å². The van der Waals surface area contributed by atoms with Crippen molar-refractivity contribution in [3.05, 3.63) is 76.3 Å². The highest BCUT2D eigenvalue weighted by molar-refractivity contribution is 6.37. The summed E-state index contributed by atoms with van der Waals surface area (Å²) in [6.07, 6.45) is -0.221. The third-order valence-electron chi connectivity index (χ3n) is 5.90. The molecule has 0 radical (unpaired) electrons. The van der Waals surface area contributed by atoms with Crippen molar-refractivity contribution in [1.29, 1.82) is 0 Å². The van der Waals surface area contributed by atoms with Gasteiger partial charge in [0, 0.05) is 7.05 Å². The smallest absolute Gasteiger partial charge is 0.340 e. The summed E-state index contributed by atoms with van der Waals surface area (Å²) in [6.45, 7) is 3.19. The molecular weight excluding hydrogens is 480 g/mol. The number of likely N-dealkylation sites (N-methyl/N-ethyl adjacent to an activating group) is 1. The molecule has 190 valence electrons. The maximum Gasteiger partial charge on any atom is 0.340 e. The van der Waals surface area contributed by atoms with Gasteiger partial charge in [-0.2, -0.15) is 0 Å². The number of fused-ring (bicyclic) bond motifs is 2. The summed E-state index contributed by atoms with van der Waals surface area (Å²) in [5.74, 6) is -3.72. The van der Waals surface area contributed by atoms with E-state index in [2.05, 4.69) is 0 Å². The van der Waals surface area contributed by atoms with Gasteiger partial charge in [-0.15, -0.1) is 0 Å². The summed E-state index contributed by atoms with van der Waals surface area (Å²) in [5, 5.41) is 9.95. The molecule has 4 rings (SSSR count). The number of amides is 3. The van der Waals surface area contributed by atoms with E-state index in [9.17, 15) is 29.2 Å². The van der Waals surface area contributed by atoms with Crippen LogP contribution in [0.15, 0.2) is 48.5 Å². The monoisotopic (exact) mass is 504 g/mol. The minimum atomic E-state index is -0.864. The van der Waals surface area contributed by atoms with Crippen molar-refractivity contribution < 1.29 is 38.7 Å². The van der Waals surface area contributed by atoms with Crippen LogP contribution in [-0.4, -0.2) is 60.2 Å². The van der Waals surface area contributed by atoms with Crippen molar-refractivity contribution in [3.63, 3.8) is 0 Å². The lowest BCUT2D eigenvalue weighted by Crippen LogP contribution is -2.32.